The quantitative estimate of drug-likeness (QED) is 0.676. The molecule has 0 unspecified atom stereocenters. The van der Waals surface area contributed by atoms with Gasteiger partial charge in [-0.3, -0.25) is 0 Å². The normalized spacial score (nSPS) is 24.8. The van der Waals surface area contributed by atoms with Gasteiger partial charge in [-0.15, -0.1) is 0 Å². The second-order valence-corrected chi connectivity index (χ2v) is 4.50. The molecule has 1 atom stereocenters. The molecule has 1 aliphatic rings. The molecule has 3 N–H and O–H groups in total. The van der Waals surface area contributed by atoms with E-state index in [4.69, 9.17) is 5.73 Å². The van der Waals surface area contributed by atoms with Crippen LogP contribution in [-0.4, -0.2) is 17.8 Å². The second kappa shape index (κ2) is 3.75. The molecular weight excluding hydrogens is 150 g/mol. The Bertz CT molecular complexity index is 139. The van der Waals surface area contributed by atoms with Crippen LogP contribution in [0.25, 0.3) is 0 Å². The zero-order valence-corrected chi connectivity index (χ0v) is 8.21. The fraction of sp³-hybridized carbons (Fsp3) is 1.00. The van der Waals surface area contributed by atoms with Crippen LogP contribution in [0, 0.1) is 11.3 Å². The monoisotopic (exact) mass is 171 g/mol. The molecule has 1 fully saturated rings. The van der Waals surface area contributed by atoms with Crippen LogP contribution in [0.1, 0.15) is 39.5 Å². The minimum Gasteiger partial charge on any atom is -0.396 e. The van der Waals surface area contributed by atoms with Gasteiger partial charge < -0.3 is 10.8 Å². The van der Waals surface area contributed by atoms with E-state index in [1.807, 2.05) is 0 Å². The number of hydrogen-bond donors (Lipinski definition) is 2. The molecule has 2 nitrogen and oxygen atoms in total. The van der Waals surface area contributed by atoms with Crippen molar-refractivity contribution < 1.29 is 5.11 Å². The average molecular weight is 171 g/mol. The Hall–Kier alpha value is -0.0800. The molecule has 0 aromatic rings. The highest BCUT2D eigenvalue weighted by atomic mass is 16.3. The van der Waals surface area contributed by atoms with Crippen molar-refractivity contribution in [1.29, 1.82) is 0 Å². The van der Waals surface area contributed by atoms with E-state index in [2.05, 4.69) is 13.8 Å². The highest BCUT2D eigenvalue weighted by Crippen LogP contribution is 2.41. The van der Waals surface area contributed by atoms with Crippen molar-refractivity contribution >= 4 is 0 Å². The van der Waals surface area contributed by atoms with Gasteiger partial charge in [0.25, 0.3) is 0 Å². The summed E-state index contributed by atoms with van der Waals surface area (Å²) in [6.07, 6.45) is 4.70. The number of aliphatic hydroxyl groups excluding tert-OH is 1. The van der Waals surface area contributed by atoms with E-state index in [-0.39, 0.29) is 18.1 Å². The molecule has 0 aromatic heterocycles. The predicted molar refractivity (Wildman–Crippen MR) is 50.8 cm³/mol. The lowest BCUT2D eigenvalue weighted by Crippen LogP contribution is -2.46. The highest BCUT2D eigenvalue weighted by molar-refractivity contribution is 4.93. The maximum atomic E-state index is 9.36. The van der Waals surface area contributed by atoms with Crippen LogP contribution < -0.4 is 5.73 Å². The summed E-state index contributed by atoms with van der Waals surface area (Å²) < 4.78 is 0. The second-order valence-electron chi connectivity index (χ2n) is 4.50. The Balaban J connectivity index is 2.65. The third-order valence-electron chi connectivity index (χ3n) is 3.34. The molecule has 0 saturated heterocycles. The van der Waals surface area contributed by atoms with E-state index in [9.17, 15) is 5.11 Å². The molecular formula is C10H21NO. The van der Waals surface area contributed by atoms with E-state index in [1.165, 1.54) is 12.8 Å². The largest absolute Gasteiger partial charge is 0.396 e. The van der Waals surface area contributed by atoms with Crippen LogP contribution in [-0.2, 0) is 0 Å². The van der Waals surface area contributed by atoms with Gasteiger partial charge >= 0.3 is 0 Å². The first-order valence-corrected chi connectivity index (χ1v) is 4.99. The van der Waals surface area contributed by atoms with Gasteiger partial charge in [0.15, 0.2) is 0 Å². The van der Waals surface area contributed by atoms with Gasteiger partial charge in [-0.05, 0) is 18.8 Å². The zero-order valence-electron chi connectivity index (χ0n) is 8.21. The third-order valence-corrected chi connectivity index (χ3v) is 3.34. The lowest BCUT2D eigenvalue weighted by atomic mass is 9.75. The van der Waals surface area contributed by atoms with Gasteiger partial charge in [0.1, 0.15) is 0 Å². The zero-order chi connectivity index (χ0) is 9.19. The Labute approximate surface area is 75.2 Å². The van der Waals surface area contributed by atoms with E-state index in [0.717, 1.165) is 12.8 Å². The van der Waals surface area contributed by atoms with E-state index >= 15 is 0 Å². The smallest absolute Gasteiger partial charge is 0.0502 e. The van der Waals surface area contributed by atoms with Crippen molar-refractivity contribution in [3.05, 3.63) is 0 Å². The summed E-state index contributed by atoms with van der Waals surface area (Å²) in [5.41, 5.74) is 6.16. The van der Waals surface area contributed by atoms with Gasteiger partial charge in [-0.2, -0.15) is 0 Å². The van der Waals surface area contributed by atoms with Crippen LogP contribution in [0.4, 0.5) is 0 Å². The molecule has 1 aliphatic carbocycles. The van der Waals surface area contributed by atoms with Crippen molar-refractivity contribution in [3.8, 4) is 0 Å². The molecule has 1 saturated carbocycles. The van der Waals surface area contributed by atoms with Crippen molar-refractivity contribution in [2.45, 2.75) is 45.6 Å². The first-order chi connectivity index (χ1) is 5.62. The Morgan fingerprint density at radius 3 is 2.17 bits per heavy atom. The van der Waals surface area contributed by atoms with Crippen LogP contribution in [0.2, 0.25) is 0 Å². The first kappa shape index (κ1) is 10.0. The molecule has 2 heteroatoms. The Kier molecular flexibility index (Phi) is 3.13. The SMILES string of the molecule is CC(C)[C@H](N)C1(CO)CCCC1. The van der Waals surface area contributed by atoms with Crippen molar-refractivity contribution in [2.75, 3.05) is 6.61 Å². The summed E-state index contributed by atoms with van der Waals surface area (Å²) >= 11 is 0. The number of aliphatic hydroxyl groups is 1. The molecule has 0 aromatic carbocycles. The van der Waals surface area contributed by atoms with Crippen molar-refractivity contribution in [2.24, 2.45) is 17.1 Å². The molecule has 0 spiro atoms. The molecule has 72 valence electrons. The van der Waals surface area contributed by atoms with Gasteiger partial charge in [0, 0.05) is 11.5 Å². The van der Waals surface area contributed by atoms with Crippen molar-refractivity contribution in [1.82, 2.24) is 0 Å². The Morgan fingerprint density at radius 1 is 1.33 bits per heavy atom. The van der Waals surface area contributed by atoms with Crippen LogP contribution in [0.15, 0.2) is 0 Å². The van der Waals surface area contributed by atoms with E-state index in [1.54, 1.807) is 0 Å². The van der Waals surface area contributed by atoms with E-state index < -0.39 is 0 Å². The fourth-order valence-corrected chi connectivity index (χ4v) is 2.38. The topological polar surface area (TPSA) is 46.2 Å². The molecule has 1 rings (SSSR count). The molecule has 0 radical (unpaired) electrons. The highest BCUT2D eigenvalue weighted by Gasteiger charge is 2.39. The fourth-order valence-electron chi connectivity index (χ4n) is 2.38. The van der Waals surface area contributed by atoms with Crippen LogP contribution in [0.3, 0.4) is 0 Å². The van der Waals surface area contributed by atoms with Gasteiger partial charge in [-0.1, -0.05) is 26.7 Å². The number of rotatable bonds is 3. The lowest BCUT2D eigenvalue weighted by molar-refractivity contribution is 0.0840. The summed E-state index contributed by atoms with van der Waals surface area (Å²) in [6, 6.07) is 0.171. The van der Waals surface area contributed by atoms with E-state index in [0.29, 0.717) is 5.92 Å². The van der Waals surface area contributed by atoms with Gasteiger partial charge in [0.05, 0.1) is 6.61 Å². The molecule has 12 heavy (non-hydrogen) atoms. The molecule has 0 aliphatic heterocycles. The predicted octanol–water partition coefficient (Wildman–Crippen LogP) is 1.52. The third kappa shape index (κ3) is 1.64. The lowest BCUT2D eigenvalue weighted by Gasteiger charge is -2.35. The summed E-state index contributed by atoms with van der Waals surface area (Å²) in [6.45, 7) is 4.55. The Morgan fingerprint density at radius 2 is 1.83 bits per heavy atom. The molecule has 0 amide bonds. The summed E-state index contributed by atoms with van der Waals surface area (Å²) in [5.74, 6) is 0.482. The minimum atomic E-state index is 0.0498. The molecule has 0 bridgehead atoms. The standard InChI is InChI=1S/C10H21NO/c1-8(2)9(11)10(7-12)5-3-4-6-10/h8-9,12H,3-7,11H2,1-2H3/t9-/m0/s1. The molecule has 0 heterocycles. The minimum absolute atomic E-state index is 0.0498. The first-order valence-electron chi connectivity index (χ1n) is 4.99. The average Bonchev–Trinajstić information content (AvgIpc) is 2.52. The maximum Gasteiger partial charge on any atom is 0.0502 e. The van der Waals surface area contributed by atoms with Gasteiger partial charge in [-0.25, -0.2) is 0 Å². The maximum absolute atomic E-state index is 9.36. The summed E-state index contributed by atoms with van der Waals surface area (Å²) in [4.78, 5) is 0. The summed E-state index contributed by atoms with van der Waals surface area (Å²) in [7, 11) is 0. The van der Waals surface area contributed by atoms with Crippen molar-refractivity contribution in [3.63, 3.8) is 0 Å². The number of nitrogens with two attached hydrogens (primary N) is 1. The van der Waals surface area contributed by atoms with Crippen LogP contribution >= 0.6 is 0 Å². The van der Waals surface area contributed by atoms with Crippen LogP contribution in [0.5, 0.6) is 0 Å². The summed E-state index contributed by atoms with van der Waals surface area (Å²) in [5, 5.41) is 9.36. The van der Waals surface area contributed by atoms with Gasteiger partial charge in [0.2, 0.25) is 0 Å². The number of hydrogen-bond acceptors (Lipinski definition) is 2.